The van der Waals surface area contributed by atoms with E-state index in [0.29, 0.717) is 12.2 Å². The highest BCUT2D eigenvalue weighted by atomic mass is 35.5. The number of benzene rings is 2. The maximum Gasteiger partial charge on any atom is 0.253 e. The molecule has 0 saturated heterocycles. The predicted molar refractivity (Wildman–Crippen MR) is 93.3 cm³/mol. The third-order valence-electron chi connectivity index (χ3n) is 3.71. The molecule has 0 bridgehead atoms. The van der Waals surface area contributed by atoms with Gasteiger partial charge in [-0.05, 0) is 61.3 Å². The number of halogens is 1. The van der Waals surface area contributed by atoms with Crippen LogP contribution in [0.3, 0.4) is 0 Å². The van der Waals surface area contributed by atoms with Gasteiger partial charge in [0.2, 0.25) is 0 Å². The molecule has 0 atom stereocenters. The molecule has 0 amide bonds. The van der Waals surface area contributed by atoms with Crippen LogP contribution in [0.5, 0.6) is 5.75 Å². The minimum absolute atomic E-state index is 0.476. The topological polar surface area (TPSA) is 39.2 Å². The van der Waals surface area contributed by atoms with Gasteiger partial charge in [0.25, 0.3) is 5.24 Å². The Bertz CT molecular complexity index is 872. The number of ether oxygens (including phenoxy) is 1. The molecular formula is C19H16ClNO2. The first-order chi connectivity index (χ1) is 11.1. The SMILES string of the molecule is CCOc1ccc(-c2cc(C(=O)Cl)c3cccc(C)c3n2)cc1. The van der Waals surface area contributed by atoms with Crippen molar-refractivity contribution in [1.82, 2.24) is 4.98 Å². The van der Waals surface area contributed by atoms with E-state index in [1.54, 1.807) is 6.07 Å². The maximum absolute atomic E-state index is 11.8. The summed E-state index contributed by atoms with van der Waals surface area (Å²) >= 11 is 5.77. The van der Waals surface area contributed by atoms with Crippen LogP contribution in [0.2, 0.25) is 0 Å². The van der Waals surface area contributed by atoms with Crippen LogP contribution in [0, 0.1) is 6.92 Å². The first-order valence-electron chi connectivity index (χ1n) is 7.43. The fourth-order valence-electron chi connectivity index (χ4n) is 2.59. The lowest BCUT2D eigenvalue weighted by atomic mass is 10.0. The van der Waals surface area contributed by atoms with Gasteiger partial charge in [-0.15, -0.1) is 0 Å². The molecule has 23 heavy (non-hydrogen) atoms. The summed E-state index contributed by atoms with van der Waals surface area (Å²) in [7, 11) is 0. The maximum atomic E-state index is 11.8. The zero-order chi connectivity index (χ0) is 16.4. The second kappa shape index (κ2) is 6.39. The van der Waals surface area contributed by atoms with Crippen molar-refractivity contribution in [3.05, 3.63) is 59.7 Å². The van der Waals surface area contributed by atoms with Crippen molar-refractivity contribution < 1.29 is 9.53 Å². The first kappa shape index (κ1) is 15.5. The number of hydrogen-bond acceptors (Lipinski definition) is 3. The Morgan fingerprint density at radius 3 is 2.57 bits per heavy atom. The number of para-hydroxylation sites is 1. The third-order valence-corrected chi connectivity index (χ3v) is 3.92. The first-order valence-corrected chi connectivity index (χ1v) is 7.81. The van der Waals surface area contributed by atoms with Crippen LogP contribution in [-0.2, 0) is 0 Å². The average molecular weight is 326 g/mol. The van der Waals surface area contributed by atoms with Crippen molar-refractivity contribution in [2.45, 2.75) is 13.8 Å². The molecule has 0 radical (unpaired) electrons. The number of carbonyl (C=O) groups excluding carboxylic acids is 1. The number of rotatable bonds is 4. The highest BCUT2D eigenvalue weighted by molar-refractivity contribution is 6.68. The molecule has 0 spiro atoms. The molecule has 3 nitrogen and oxygen atoms in total. The fraction of sp³-hybridized carbons (Fsp3) is 0.158. The van der Waals surface area contributed by atoms with E-state index in [1.165, 1.54) is 0 Å². The van der Waals surface area contributed by atoms with Crippen LogP contribution in [-0.4, -0.2) is 16.8 Å². The molecule has 0 aliphatic rings. The van der Waals surface area contributed by atoms with E-state index >= 15 is 0 Å². The van der Waals surface area contributed by atoms with Crippen LogP contribution in [0.1, 0.15) is 22.8 Å². The van der Waals surface area contributed by atoms with Gasteiger partial charge in [-0.1, -0.05) is 18.2 Å². The summed E-state index contributed by atoms with van der Waals surface area (Å²) < 4.78 is 5.45. The average Bonchev–Trinajstić information content (AvgIpc) is 2.55. The van der Waals surface area contributed by atoms with Crippen molar-refractivity contribution >= 4 is 27.7 Å². The van der Waals surface area contributed by atoms with Gasteiger partial charge in [-0.2, -0.15) is 0 Å². The Labute approximate surface area is 139 Å². The van der Waals surface area contributed by atoms with E-state index in [-0.39, 0.29) is 0 Å². The zero-order valence-electron chi connectivity index (χ0n) is 13.0. The summed E-state index contributed by atoms with van der Waals surface area (Å²) in [6, 6.07) is 15.1. The van der Waals surface area contributed by atoms with Gasteiger partial charge in [-0.3, -0.25) is 4.79 Å². The van der Waals surface area contributed by atoms with Gasteiger partial charge < -0.3 is 4.74 Å². The minimum atomic E-state index is -0.477. The molecule has 0 aliphatic carbocycles. The largest absolute Gasteiger partial charge is 0.494 e. The summed E-state index contributed by atoms with van der Waals surface area (Å²) in [6.45, 7) is 4.54. The molecule has 0 N–H and O–H groups in total. The Balaban J connectivity index is 2.17. The molecule has 0 fully saturated rings. The molecule has 1 heterocycles. The van der Waals surface area contributed by atoms with Crippen molar-refractivity contribution in [3.63, 3.8) is 0 Å². The molecular weight excluding hydrogens is 310 g/mol. The molecule has 1 aromatic heterocycles. The van der Waals surface area contributed by atoms with Crippen molar-refractivity contribution in [1.29, 1.82) is 0 Å². The van der Waals surface area contributed by atoms with Crippen LogP contribution < -0.4 is 4.74 Å². The molecule has 3 aromatic rings. The van der Waals surface area contributed by atoms with Gasteiger partial charge in [0.05, 0.1) is 17.8 Å². The van der Waals surface area contributed by atoms with E-state index < -0.39 is 5.24 Å². The lowest BCUT2D eigenvalue weighted by Crippen LogP contribution is -1.97. The molecule has 0 aliphatic heterocycles. The standard InChI is InChI=1S/C19H16ClNO2/c1-3-23-14-9-7-13(8-10-14)17-11-16(19(20)22)15-6-4-5-12(2)18(15)21-17/h4-11H,3H2,1-2H3. The number of fused-ring (bicyclic) bond motifs is 1. The highest BCUT2D eigenvalue weighted by Gasteiger charge is 2.13. The van der Waals surface area contributed by atoms with Crippen molar-refractivity contribution in [2.75, 3.05) is 6.61 Å². The van der Waals surface area contributed by atoms with Gasteiger partial charge in [0.15, 0.2) is 0 Å². The van der Waals surface area contributed by atoms with E-state index in [0.717, 1.165) is 33.5 Å². The van der Waals surface area contributed by atoms with E-state index in [2.05, 4.69) is 0 Å². The smallest absolute Gasteiger partial charge is 0.253 e. The number of carbonyl (C=O) groups is 1. The number of aryl methyl sites for hydroxylation is 1. The quantitative estimate of drug-likeness (QED) is 0.634. The van der Waals surface area contributed by atoms with Crippen LogP contribution in [0.25, 0.3) is 22.2 Å². The normalized spacial score (nSPS) is 10.7. The van der Waals surface area contributed by atoms with Crippen molar-refractivity contribution in [3.8, 4) is 17.0 Å². The summed E-state index contributed by atoms with van der Waals surface area (Å²) in [5, 5.41) is 0.301. The molecule has 3 rings (SSSR count). The number of pyridine rings is 1. The predicted octanol–water partition coefficient (Wildman–Crippen LogP) is 4.99. The molecule has 116 valence electrons. The molecule has 4 heteroatoms. The Kier molecular flexibility index (Phi) is 4.30. The second-order valence-electron chi connectivity index (χ2n) is 5.26. The van der Waals surface area contributed by atoms with Gasteiger partial charge in [0.1, 0.15) is 5.75 Å². The van der Waals surface area contributed by atoms with E-state index in [9.17, 15) is 4.79 Å². The van der Waals surface area contributed by atoms with Gasteiger partial charge in [0, 0.05) is 16.5 Å². The van der Waals surface area contributed by atoms with Gasteiger partial charge >= 0.3 is 0 Å². The number of nitrogens with zero attached hydrogens (tertiary/aromatic N) is 1. The lowest BCUT2D eigenvalue weighted by molar-refractivity contribution is 0.108. The Morgan fingerprint density at radius 1 is 1.17 bits per heavy atom. The summed E-state index contributed by atoms with van der Waals surface area (Å²) in [5.41, 5.74) is 3.92. The summed E-state index contributed by atoms with van der Waals surface area (Å²) in [6.07, 6.45) is 0. The second-order valence-corrected chi connectivity index (χ2v) is 5.60. The number of hydrogen-bond donors (Lipinski definition) is 0. The zero-order valence-corrected chi connectivity index (χ0v) is 13.7. The van der Waals surface area contributed by atoms with Gasteiger partial charge in [-0.25, -0.2) is 4.98 Å². The summed E-state index contributed by atoms with van der Waals surface area (Å²) in [5.74, 6) is 0.807. The van der Waals surface area contributed by atoms with Crippen molar-refractivity contribution in [2.24, 2.45) is 0 Å². The Morgan fingerprint density at radius 2 is 1.91 bits per heavy atom. The van der Waals surface area contributed by atoms with E-state index in [4.69, 9.17) is 21.3 Å². The molecule has 0 unspecified atom stereocenters. The van der Waals surface area contributed by atoms with Crippen LogP contribution in [0.15, 0.2) is 48.5 Å². The minimum Gasteiger partial charge on any atom is -0.494 e. The number of aromatic nitrogens is 1. The highest BCUT2D eigenvalue weighted by Crippen LogP contribution is 2.28. The third kappa shape index (κ3) is 3.06. The lowest BCUT2D eigenvalue weighted by Gasteiger charge is -2.10. The summed E-state index contributed by atoms with van der Waals surface area (Å²) in [4.78, 5) is 16.5. The molecule has 0 saturated carbocycles. The Hall–Kier alpha value is -2.39. The molecule has 2 aromatic carbocycles. The van der Waals surface area contributed by atoms with Crippen LogP contribution in [0.4, 0.5) is 0 Å². The fourth-order valence-corrected chi connectivity index (χ4v) is 2.75. The van der Waals surface area contributed by atoms with E-state index in [1.807, 2.05) is 56.3 Å². The monoisotopic (exact) mass is 325 g/mol. The van der Waals surface area contributed by atoms with Crippen LogP contribution >= 0.6 is 11.6 Å².